The van der Waals surface area contributed by atoms with Gasteiger partial charge < -0.3 is 10.4 Å². The maximum Gasteiger partial charge on any atom is 0.0496 e. The van der Waals surface area contributed by atoms with Gasteiger partial charge in [0.1, 0.15) is 0 Å². The van der Waals surface area contributed by atoms with E-state index in [9.17, 15) is 5.11 Å². The van der Waals surface area contributed by atoms with E-state index in [1.807, 2.05) is 11.3 Å². The largest absolute Gasteiger partial charge is 0.396 e. The fourth-order valence-electron chi connectivity index (χ4n) is 2.36. The molecule has 96 valence electrons. The van der Waals surface area contributed by atoms with Gasteiger partial charge in [0.2, 0.25) is 0 Å². The molecule has 0 spiro atoms. The average molecular weight is 253 g/mol. The second-order valence-electron chi connectivity index (χ2n) is 5.45. The van der Waals surface area contributed by atoms with E-state index in [1.165, 1.54) is 24.8 Å². The van der Waals surface area contributed by atoms with E-state index in [0.717, 1.165) is 13.0 Å². The van der Waals surface area contributed by atoms with Gasteiger partial charge in [-0.1, -0.05) is 13.8 Å². The van der Waals surface area contributed by atoms with Crippen LogP contribution in [0.15, 0.2) is 11.4 Å². The molecule has 1 heterocycles. The predicted octanol–water partition coefficient (Wildman–Crippen LogP) is 3.12. The molecule has 0 bridgehead atoms. The van der Waals surface area contributed by atoms with Crippen molar-refractivity contribution in [3.63, 3.8) is 0 Å². The van der Waals surface area contributed by atoms with E-state index < -0.39 is 0 Å². The Morgan fingerprint density at radius 1 is 1.59 bits per heavy atom. The van der Waals surface area contributed by atoms with Crippen LogP contribution in [0, 0.1) is 5.41 Å². The highest BCUT2D eigenvalue weighted by atomic mass is 32.1. The molecule has 0 saturated carbocycles. The van der Waals surface area contributed by atoms with E-state index in [0.29, 0.717) is 6.04 Å². The Labute approximate surface area is 108 Å². The molecule has 0 saturated heterocycles. The van der Waals surface area contributed by atoms with Crippen LogP contribution < -0.4 is 5.32 Å². The standard InChI is InChI=1S/C14H23NOS/c1-3-14(2,10-16)9-15-12-5-4-6-13-11(12)7-8-17-13/h7-8,12,15-16H,3-6,9-10H2,1-2H3. The van der Waals surface area contributed by atoms with Crippen LogP contribution in [0.2, 0.25) is 0 Å². The fourth-order valence-corrected chi connectivity index (χ4v) is 3.35. The van der Waals surface area contributed by atoms with Crippen LogP contribution in [0.5, 0.6) is 0 Å². The Morgan fingerprint density at radius 3 is 3.12 bits per heavy atom. The Bertz CT molecular complexity index is 357. The van der Waals surface area contributed by atoms with Crippen LogP contribution in [0.3, 0.4) is 0 Å². The third-order valence-electron chi connectivity index (χ3n) is 4.06. The number of nitrogens with one attached hydrogen (secondary N) is 1. The van der Waals surface area contributed by atoms with Crippen molar-refractivity contribution < 1.29 is 5.11 Å². The first-order valence-corrected chi connectivity index (χ1v) is 7.47. The molecule has 3 heteroatoms. The molecule has 0 radical (unpaired) electrons. The van der Waals surface area contributed by atoms with Gasteiger partial charge in [0.05, 0.1) is 0 Å². The topological polar surface area (TPSA) is 32.3 Å². The number of fused-ring (bicyclic) bond motifs is 1. The summed E-state index contributed by atoms with van der Waals surface area (Å²) in [5, 5.41) is 15.3. The zero-order chi connectivity index (χ0) is 12.3. The first kappa shape index (κ1) is 13.1. The molecule has 0 amide bonds. The number of thiophene rings is 1. The minimum Gasteiger partial charge on any atom is -0.396 e. The molecule has 0 aromatic carbocycles. The van der Waals surface area contributed by atoms with Crippen molar-refractivity contribution in [2.75, 3.05) is 13.2 Å². The third-order valence-corrected chi connectivity index (χ3v) is 5.06. The second kappa shape index (κ2) is 5.51. The van der Waals surface area contributed by atoms with Crippen molar-refractivity contribution in [2.45, 2.75) is 45.6 Å². The Balaban J connectivity index is 1.98. The fraction of sp³-hybridized carbons (Fsp3) is 0.714. The van der Waals surface area contributed by atoms with Gasteiger partial charge in [-0.25, -0.2) is 0 Å². The normalized spacial score (nSPS) is 23.1. The quantitative estimate of drug-likeness (QED) is 0.845. The summed E-state index contributed by atoms with van der Waals surface area (Å²) >= 11 is 1.88. The average Bonchev–Trinajstić information content (AvgIpc) is 2.84. The first-order valence-electron chi connectivity index (χ1n) is 6.59. The van der Waals surface area contributed by atoms with Crippen LogP contribution in [0.1, 0.15) is 49.6 Å². The summed E-state index contributed by atoms with van der Waals surface area (Å²) in [5.41, 5.74) is 1.52. The van der Waals surface area contributed by atoms with Crippen molar-refractivity contribution in [1.82, 2.24) is 5.32 Å². The van der Waals surface area contributed by atoms with E-state index in [2.05, 4.69) is 30.6 Å². The molecule has 17 heavy (non-hydrogen) atoms. The van der Waals surface area contributed by atoms with Gasteiger partial charge in [0, 0.05) is 29.5 Å². The van der Waals surface area contributed by atoms with Gasteiger partial charge in [0.25, 0.3) is 0 Å². The Morgan fingerprint density at radius 2 is 2.41 bits per heavy atom. The highest BCUT2D eigenvalue weighted by molar-refractivity contribution is 7.10. The summed E-state index contributed by atoms with van der Waals surface area (Å²) in [4.78, 5) is 1.55. The molecule has 1 aliphatic rings. The predicted molar refractivity (Wildman–Crippen MR) is 73.5 cm³/mol. The molecule has 2 rings (SSSR count). The molecule has 2 unspecified atom stereocenters. The highest BCUT2D eigenvalue weighted by Gasteiger charge is 2.25. The maximum absolute atomic E-state index is 9.43. The lowest BCUT2D eigenvalue weighted by atomic mass is 9.87. The molecule has 1 aromatic heterocycles. The van der Waals surface area contributed by atoms with Gasteiger partial charge in [0.15, 0.2) is 0 Å². The van der Waals surface area contributed by atoms with Crippen LogP contribution in [-0.2, 0) is 6.42 Å². The van der Waals surface area contributed by atoms with Crippen LogP contribution in [0.25, 0.3) is 0 Å². The summed E-state index contributed by atoms with van der Waals surface area (Å²) in [6.45, 7) is 5.46. The minimum absolute atomic E-state index is 0.0215. The number of aliphatic hydroxyl groups is 1. The van der Waals surface area contributed by atoms with Crippen molar-refractivity contribution in [1.29, 1.82) is 0 Å². The van der Waals surface area contributed by atoms with Gasteiger partial charge in [-0.05, 0) is 42.7 Å². The monoisotopic (exact) mass is 253 g/mol. The second-order valence-corrected chi connectivity index (χ2v) is 6.45. The van der Waals surface area contributed by atoms with Crippen molar-refractivity contribution >= 4 is 11.3 Å². The minimum atomic E-state index is 0.0215. The molecular formula is C14H23NOS. The van der Waals surface area contributed by atoms with Crippen molar-refractivity contribution in [3.8, 4) is 0 Å². The van der Waals surface area contributed by atoms with E-state index >= 15 is 0 Å². The highest BCUT2D eigenvalue weighted by Crippen LogP contribution is 2.34. The SMILES string of the molecule is CCC(C)(CO)CNC1CCCc2sccc21. The molecular weight excluding hydrogens is 230 g/mol. The number of hydrogen-bond donors (Lipinski definition) is 2. The summed E-state index contributed by atoms with van der Waals surface area (Å²) in [7, 11) is 0. The van der Waals surface area contributed by atoms with E-state index in [1.54, 1.807) is 4.88 Å². The maximum atomic E-state index is 9.43. The van der Waals surface area contributed by atoms with Gasteiger partial charge in [-0.3, -0.25) is 0 Å². The molecule has 2 atom stereocenters. The summed E-state index contributed by atoms with van der Waals surface area (Å²) in [5.74, 6) is 0. The summed E-state index contributed by atoms with van der Waals surface area (Å²) in [6.07, 6.45) is 4.78. The molecule has 1 aliphatic carbocycles. The summed E-state index contributed by atoms with van der Waals surface area (Å²) < 4.78 is 0. The first-order chi connectivity index (χ1) is 8.18. The summed E-state index contributed by atoms with van der Waals surface area (Å²) in [6, 6.07) is 2.77. The van der Waals surface area contributed by atoms with Crippen LogP contribution in [-0.4, -0.2) is 18.3 Å². The third kappa shape index (κ3) is 2.90. The van der Waals surface area contributed by atoms with Crippen molar-refractivity contribution in [2.24, 2.45) is 5.41 Å². The van der Waals surface area contributed by atoms with Gasteiger partial charge >= 0.3 is 0 Å². The van der Waals surface area contributed by atoms with E-state index in [4.69, 9.17) is 0 Å². The Hall–Kier alpha value is -0.380. The van der Waals surface area contributed by atoms with Gasteiger partial charge in [-0.2, -0.15) is 0 Å². The Kier molecular flexibility index (Phi) is 4.23. The molecule has 2 N–H and O–H groups in total. The molecule has 0 fully saturated rings. The number of rotatable bonds is 5. The molecule has 1 aromatic rings. The lowest BCUT2D eigenvalue weighted by Gasteiger charge is -2.31. The van der Waals surface area contributed by atoms with E-state index in [-0.39, 0.29) is 12.0 Å². The molecule has 0 aliphatic heterocycles. The lowest BCUT2D eigenvalue weighted by molar-refractivity contribution is 0.130. The zero-order valence-corrected chi connectivity index (χ0v) is 11.6. The number of aliphatic hydroxyl groups excluding tert-OH is 1. The van der Waals surface area contributed by atoms with Crippen molar-refractivity contribution in [3.05, 3.63) is 21.9 Å². The molecule has 2 nitrogen and oxygen atoms in total. The number of hydrogen-bond acceptors (Lipinski definition) is 3. The van der Waals surface area contributed by atoms with Gasteiger partial charge in [-0.15, -0.1) is 11.3 Å². The zero-order valence-electron chi connectivity index (χ0n) is 10.8. The van der Waals surface area contributed by atoms with Crippen LogP contribution in [0.4, 0.5) is 0 Å². The van der Waals surface area contributed by atoms with Crippen LogP contribution >= 0.6 is 11.3 Å². The smallest absolute Gasteiger partial charge is 0.0496 e. The lowest BCUT2D eigenvalue weighted by Crippen LogP contribution is -2.37. The number of aryl methyl sites for hydroxylation is 1.